The summed E-state index contributed by atoms with van der Waals surface area (Å²) in [5.41, 5.74) is 11.0. The van der Waals surface area contributed by atoms with E-state index in [2.05, 4.69) is 4.90 Å². The zero-order valence-electron chi connectivity index (χ0n) is 18.0. The fourth-order valence-electron chi connectivity index (χ4n) is 4.35. The van der Waals surface area contributed by atoms with Gasteiger partial charge in [-0.3, -0.25) is 9.69 Å². The summed E-state index contributed by atoms with van der Waals surface area (Å²) in [5.74, 6) is 4.59. The van der Waals surface area contributed by atoms with E-state index in [1.165, 1.54) is 5.01 Å². The van der Waals surface area contributed by atoms with Gasteiger partial charge in [0.1, 0.15) is 0 Å². The molecule has 168 valence electrons. The number of piperidine rings is 1. The number of nitrogens with zero attached hydrogens (tertiary/aromatic N) is 2. The molecular weight excluding hydrogens is 416 g/mol. The average Bonchev–Trinajstić information content (AvgIpc) is 2.70. The first-order chi connectivity index (χ1) is 14.7. The van der Waals surface area contributed by atoms with Gasteiger partial charge in [0.15, 0.2) is 0 Å². The molecule has 3 rings (SSSR count). The molecule has 1 aliphatic heterocycles. The number of hydrazine groups is 1. The number of nitrogens with two attached hydrogens (primary N) is 2. The van der Waals surface area contributed by atoms with E-state index in [-0.39, 0.29) is 18.4 Å². The van der Waals surface area contributed by atoms with Crippen LogP contribution in [0, 0.1) is 6.92 Å². The Bertz CT molecular complexity index is 951. The van der Waals surface area contributed by atoms with Crippen LogP contribution in [-0.4, -0.2) is 47.3 Å². The van der Waals surface area contributed by atoms with Crippen molar-refractivity contribution >= 4 is 28.9 Å². The van der Waals surface area contributed by atoms with Gasteiger partial charge in [-0.1, -0.05) is 29.8 Å². The minimum atomic E-state index is -0.890. The number of aliphatic carboxylic acids is 1. The quantitative estimate of drug-likeness (QED) is 0.293. The number of likely N-dealkylation sites (tertiary alicyclic amines) is 1. The number of aliphatic hydroxyl groups is 1. The lowest BCUT2D eigenvalue weighted by atomic mass is 9.84. The van der Waals surface area contributed by atoms with Gasteiger partial charge in [0.2, 0.25) is 0 Å². The molecule has 0 aromatic heterocycles. The van der Waals surface area contributed by atoms with E-state index in [0.717, 1.165) is 41.6 Å². The fourth-order valence-corrected chi connectivity index (χ4v) is 4.52. The number of β-amino-alcohol motifs (C(OH)–C–C–N with tert-alkyl or cyclic N) is 1. The molecule has 2 aromatic carbocycles. The van der Waals surface area contributed by atoms with Gasteiger partial charge >= 0.3 is 5.97 Å². The molecule has 2 atom stereocenters. The van der Waals surface area contributed by atoms with Gasteiger partial charge in [0.05, 0.1) is 23.9 Å². The van der Waals surface area contributed by atoms with Crippen LogP contribution in [0.5, 0.6) is 0 Å². The number of hydrogen-bond acceptors (Lipinski definition) is 6. The maximum Gasteiger partial charge on any atom is 0.304 e. The predicted molar refractivity (Wildman–Crippen MR) is 124 cm³/mol. The summed E-state index contributed by atoms with van der Waals surface area (Å²) in [6, 6.07) is 9.40. The molecule has 0 aliphatic carbocycles. The molecule has 0 bridgehead atoms. The second-order valence-corrected chi connectivity index (χ2v) is 8.76. The lowest BCUT2D eigenvalue weighted by Gasteiger charge is -2.30. The minimum absolute atomic E-state index is 0.0679. The van der Waals surface area contributed by atoms with Gasteiger partial charge in [-0.15, -0.1) is 0 Å². The highest BCUT2D eigenvalue weighted by molar-refractivity contribution is 6.31. The normalized spacial score (nSPS) is 18.0. The van der Waals surface area contributed by atoms with Gasteiger partial charge in [-0.2, -0.15) is 0 Å². The Kier molecular flexibility index (Phi) is 7.43. The molecule has 31 heavy (non-hydrogen) atoms. The Morgan fingerprint density at radius 1 is 1.35 bits per heavy atom. The Labute approximate surface area is 188 Å². The average molecular weight is 447 g/mol. The highest BCUT2D eigenvalue weighted by Gasteiger charge is 2.24. The Morgan fingerprint density at radius 2 is 2.10 bits per heavy atom. The molecule has 2 unspecified atom stereocenters. The first-order valence-corrected chi connectivity index (χ1v) is 10.8. The summed E-state index contributed by atoms with van der Waals surface area (Å²) in [6.45, 7) is 4.02. The zero-order chi connectivity index (χ0) is 22.7. The van der Waals surface area contributed by atoms with Crippen molar-refractivity contribution in [3.05, 3.63) is 57.6 Å². The van der Waals surface area contributed by atoms with Crippen molar-refractivity contribution in [3.63, 3.8) is 0 Å². The first kappa shape index (κ1) is 23.3. The first-order valence-electron chi connectivity index (χ1n) is 10.4. The van der Waals surface area contributed by atoms with Crippen LogP contribution >= 0.6 is 11.6 Å². The Morgan fingerprint density at radius 3 is 2.74 bits per heavy atom. The smallest absolute Gasteiger partial charge is 0.304 e. The number of benzene rings is 2. The van der Waals surface area contributed by atoms with Crippen LogP contribution in [0.25, 0.3) is 0 Å². The minimum Gasteiger partial charge on any atom is -0.481 e. The largest absolute Gasteiger partial charge is 0.481 e. The molecular formula is C23H31ClN4O3. The summed E-state index contributed by atoms with van der Waals surface area (Å²) in [6.07, 6.45) is 1.38. The second-order valence-electron chi connectivity index (χ2n) is 8.36. The summed E-state index contributed by atoms with van der Waals surface area (Å²) in [7, 11) is 1.71. The number of aliphatic hydroxyl groups excluding tert-OH is 1. The number of halogens is 1. The van der Waals surface area contributed by atoms with Crippen molar-refractivity contribution in [1.82, 2.24) is 4.90 Å². The predicted octanol–water partition coefficient (Wildman–Crippen LogP) is 3.10. The van der Waals surface area contributed by atoms with Gasteiger partial charge in [-0.25, -0.2) is 5.84 Å². The topological polar surface area (TPSA) is 116 Å². The molecule has 0 amide bonds. The summed E-state index contributed by atoms with van der Waals surface area (Å²) in [5, 5.41) is 21.7. The van der Waals surface area contributed by atoms with Crippen LogP contribution in [-0.2, 0) is 11.3 Å². The van der Waals surface area contributed by atoms with Gasteiger partial charge in [-0.05, 0) is 60.7 Å². The lowest BCUT2D eigenvalue weighted by molar-refractivity contribution is -0.137. The molecule has 2 aromatic rings. The third-order valence-electron chi connectivity index (χ3n) is 6.01. The van der Waals surface area contributed by atoms with Crippen molar-refractivity contribution in [1.29, 1.82) is 0 Å². The van der Waals surface area contributed by atoms with Crippen LogP contribution in [0.15, 0.2) is 30.3 Å². The number of hydrogen-bond donors (Lipinski definition) is 4. The standard InChI is InChI=1S/C23H31ClN4O3/c1-14-18(6-8-21(23(14)25)27(2)26)19(11-22(30)31)15-5-7-20(24)16(10-15)12-28-9-3-4-17(29)13-28/h5-8,10,17,19,29H,3-4,9,11-13,25-26H2,1-2H3,(H,30,31). The van der Waals surface area contributed by atoms with Crippen molar-refractivity contribution in [3.8, 4) is 0 Å². The molecule has 0 spiro atoms. The van der Waals surface area contributed by atoms with Crippen molar-refractivity contribution in [2.24, 2.45) is 5.84 Å². The number of carboxylic acids is 1. The maximum atomic E-state index is 11.7. The number of anilines is 2. The molecule has 1 heterocycles. The van der Waals surface area contributed by atoms with E-state index in [4.69, 9.17) is 23.2 Å². The third kappa shape index (κ3) is 5.49. The molecule has 1 saturated heterocycles. The van der Waals surface area contributed by atoms with E-state index in [9.17, 15) is 15.0 Å². The van der Waals surface area contributed by atoms with E-state index >= 15 is 0 Å². The van der Waals surface area contributed by atoms with Crippen LogP contribution < -0.4 is 16.6 Å². The van der Waals surface area contributed by atoms with Crippen LogP contribution in [0.3, 0.4) is 0 Å². The molecule has 8 heteroatoms. The van der Waals surface area contributed by atoms with Gasteiger partial charge in [0.25, 0.3) is 0 Å². The molecule has 1 fully saturated rings. The SMILES string of the molecule is Cc1c(C(CC(=O)O)c2ccc(Cl)c(CN3CCCC(O)C3)c2)ccc(N(C)N)c1N. The van der Waals surface area contributed by atoms with Crippen LogP contribution in [0.4, 0.5) is 11.4 Å². The van der Waals surface area contributed by atoms with Crippen LogP contribution in [0.1, 0.15) is 47.4 Å². The fraction of sp³-hybridized carbons (Fsp3) is 0.435. The highest BCUT2D eigenvalue weighted by atomic mass is 35.5. The Balaban J connectivity index is 1.98. The van der Waals surface area contributed by atoms with E-state index in [1.807, 2.05) is 37.3 Å². The number of carboxylic acid groups (broad SMARTS) is 1. The Hall–Kier alpha value is -2.32. The number of nitrogen functional groups attached to an aromatic ring is 1. The van der Waals surface area contributed by atoms with Gasteiger partial charge < -0.3 is 21.0 Å². The van der Waals surface area contributed by atoms with Crippen molar-refractivity contribution < 1.29 is 15.0 Å². The van der Waals surface area contributed by atoms with E-state index in [0.29, 0.717) is 29.5 Å². The molecule has 7 nitrogen and oxygen atoms in total. The van der Waals surface area contributed by atoms with E-state index in [1.54, 1.807) is 7.05 Å². The molecule has 1 aliphatic rings. The number of carbonyl (C=O) groups is 1. The molecule has 0 saturated carbocycles. The zero-order valence-corrected chi connectivity index (χ0v) is 18.8. The second kappa shape index (κ2) is 9.87. The maximum absolute atomic E-state index is 11.7. The molecule has 6 N–H and O–H groups in total. The van der Waals surface area contributed by atoms with Gasteiger partial charge in [0, 0.05) is 31.1 Å². The molecule has 0 radical (unpaired) electrons. The highest BCUT2D eigenvalue weighted by Crippen LogP contribution is 2.37. The van der Waals surface area contributed by atoms with Crippen molar-refractivity contribution in [2.75, 3.05) is 30.9 Å². The monoisotopic (exact) mass is 446 g/mol. The third-order valence-corrected chi connectivity index (χ3v) is 6.38. The summed E-state index contributed by atoms with van der Waals surface area (Å²) >= 11 is 6.48. The number of rotatable bonds is 7. The lowest BCUT2D eigenvalue weighted by Crippen LogP contribution is -2.37. The van der Waals surface area contributed by atoms with Crippen LogP contribution in [0.2, 0.25) is 5.02 Å². The van der Waals surface area contributed by atoms with E-state index < -0.39 is 5.97 Å². The summed E-state index contributed by atoms with van der Waals surface area (Å²) < 4.78 is 0. The van der Waals surface area contributed by atoms with Crippen molar-refractivity contribution in [2.45, 2.75) is 44.8 Å². The summed E-state index contributed by atoms with van der Waals surface area (Å²) in [4.78, 5) is 13.9.